The number of benzene rings is 1. The van der Waals surface area contributed by atoms with E-state index < -0.39 is 5.97 Å². The van der Waals surface area contributed by atoms with Gasteiger partial charge in [-0.1, -0.05) is 88.6 Å². The molecule has 1 unspecified atom stereocenters. The minimum Gasteiger partial charge on any atom is -0.481 e. The van der Waals surface area contributed by atoms with Crippen molar-refractivity contribution in [1.82, 2.24) is 0 Å². The summed E-state index contributed by atoms with van der Waals surface area (Å²) in [6, 6.07) is 9.13. The first-order chi connectivity index (χ1) is 11.1. The quantitative estimate of drug-likeness (QED) is 0.550. The summed E-state index contributed by atoms with van der Waals surface area (Å²) in [6.07, 6.45) is 11.8. The standard InChI is InChI=1S/C12H26O.C8H8O2/c1-3-4-5-6-7-8-9-10-11-12(2)13;9-8(10)6-7-4-2-1-3-5-7/h12-13H,3-11H2,1-2H3;1-5H,6H2,(H,9,10). The van der Waals surface area contributed by atoms with E-state index in [1.54, 1.807) is 12.1 Å². The first-order valence-electron chi connectivity index (χ1n) is 9.00. The van der Waals surface area contributed by atoms with E-state index in [-0.39, 0.29) is 12.5 Å². The molecule has 0 saturated carbocycles. The van der Waals surface area contributed by atoms with Gasteiger partial charge < -0.3 is 10.2 Å². The fourth-order valence-corrected chi connectivity index (χ4v) is 2.34. The fourth-order valence-electron chi connectivity index (χ4n) is 2.34. The predicted molar refractivity (Wildman–Crippen MR) is 96.7 cm³/mol. The third kappa shape index (κ3) is 16.8. The highest BCUT2D eigenvalue weighted by Crippen LogP contribution is 2.10. The van der Waals surface area contributed by atoms with Gasteiger partial charge in [-0.15, -0.1) is 0 Å². The van der Waals surface area contributed by atoms with Gasteiger partial charge in [-0.3, -0.25) is 4.79 Å². The molecule has 0 heterocycles. The molecule has 0 aliphatic carbocycles. The van der Waals surface area contributed by atoms with Gasteiger partial charge >= 0.3 is 5.97 Å². The molecule has 3 heteroatoms. The van der Waals surface area contributed by atoms with Gasteiger partial charge in [0.2, 0.25) is 0 Å². The first kappa shape index (κ1) is 21.6. The molecule has 0 radical (unpaired) electrons. The molecule has 1 aromatic carbocycles. The molecule has 2 N–H and O–H groups in total. The van der Waals surface area contributed by atoms with Gasteiger partial charge in [-0.2, -0.15) is 0 Å². The Labute approximate surface area is 141 Å². The third-order valence-corrected chi connectivity index (χ3v) is 3.67. The maximum Gasteiger partial charge on any atom is 0.307 e. The monoisotopic (exact) mass is 322 g/mol. The van der Waals surface area contributed by atoms with Crippen molar-refractivity contribution in [3.63, 3.8) is 0 Å². The second kappa shape index (κ2) is 15.5. The van der Waals surface area contributed by atoms with Crippen molar-refractivity contribution < 1.29 is 15.0 Å². The van der Waals surface area contributed by atoms with Crippen molar-refractivity contribution in [2.45, 2.75) is 84.2 Å². The van der Waals surface area contributed by atoms with Crippen LogP contribution in [0.15, 0.2) is 30.3 Å². The molecule has 0 aliphatic rings. The van der Waals surface area contributed by atoms with Crippen LogP contribution in [0.4, 0.5) is 0 Å². The minimum absolute atomic E-state index is 0.0971. The van der Waals surface area contributed by atoms with Crippen LogP contribution in [0.3, 0.4) is 0 Å². The number of carboxylic acid groups (broad SMARTS) is 1. The van der Waals surface area contributed by atoms with Crippen molar-refractivity contribution in [3.8, 4) is 0 Å². The normalized spacial score (nSPS) is 11.4. The molecule has 1 rings (SSSR count). The van der Waals surface area contributed by atoms with Crippen LogP contribution in [0, 0.1) is 0 Å². The number of hydrogen-bond donors (Lipinski definition) is 2. The van der Waals surface area contributed by atoms with E-state index in [9.17, 15) is 4.79 Å². The van der Waals surface area contributed by atoms with Gasteiger partial charge in [0.1, 0.15) is 0 Å². The Morgan fingerprint density at radius 3 is 1.96 bits per heavy atom. The maximum atomic E-state index is 10.2. The van der Waals surface area contributed by atoms with Crippen molar-refractivity contribution in [2.75, 3.05) is 0 Å². The average molecular weight is 322 g/mol. The zero-order valence-electron chi connectivity index (χ0n) is 14.8. The van der Waals surface area contributed by atoms with Crippen molar-refractivity contribution >= 4 is 5.97 Å². The summed E-state index contributed by atoms with van der Waals surface area (Å²) < 4.78 is 0. The van der Waals surface area contributed by atoms with Crippen LogP contribution in [0.1, 0.15) is 77.2 Å². The minimum atomic E-state index is -0.786. The SMILES string of the molecule is CCCCCCCCCCC(C)O.O=C(O)Cc1ccccc1. The molecule has 0 amide bonds. The maximum absolute atomic E-state index is 10.2. The molecular formula is C20H34O3. The summed E-state index contributed by atoms with van der Waals surface area (Å²) in [5, 5.41) is 17.4. The zero-order chi connectivity index (χ0) is 17.3. The van der Waals surface area contributed by atoms with Gasteiger partial charge in [-0.25, -0.2) is 0 Å². The highest BCUT2D eigenvalue weighted by Gasteiger charge is 1.97. The lowest BCUT2D eigenvalue weighted by Crippen LogP contribution is -1.98. The number of aliphatic carboxylic acids is 1. The molecule has 1 atom stereocenters. The summed E-state index contributed by atoms with van der Waals surface area (Å²) in [5.74, 6) is -0.786. The molecule has 0 fully saturated rings. The van der Waals surface area contributed by atoms with Crippen LogP contribution in [0.2, 0.25) is 0 Å². The molecule has 0 aromatic heterocycles. The summed E-state index contributed by atoms with van der Waals surface area (Å²) in [6.45, 7) is 4.13. The number of aliphatic hydroxyl groups is 1. The van der Waals surface area contributed by atoms with Crippen molar-refractivity contribution in [2.24, 2.45) is 0 Å². The van der Waals surface area contributed by atoms with Crippen LogP contribution in [0.25, 0.3) is 0 Å². The number of carbonyl (C=O) groups is 1. The smallest absolute Gasteiger partial charge is 0.307 e. The van der Waals surface area contributed by atoms with E-state index in [0.717, 1.165) is 12.0 Å². The Balaban J connectivity index is 0.000000433. The lowest BCUT2D eigenvalue weighted by atomic mass is 10.1. The van der Waals surface area contributed by atoms with E-state index in [1.165, 1.54) is 51.4 Å². The molecule has 132 valence electrons. The van der Waals surface area contributed by atoms with Crippen molar-refractivity contribution in [1.29, 1.82) is 0 Å². The van der Waals surface area contributed by atoms with E-state index >= 15 is 0 Å². The highest BCUT2D eigenvalue weighted by molar-refractivity contribution is 5.70. The molecule has 1 aromatic rings. The van der Waals surface area contributed by atoms with Gasteiger partial charge in [-0.05, 0) is 18.9 Å². The lowest BCUT2D eigenvalue weighted by molar-refractivity contribution is -0.136. The van der Waals surface area contributed by atoms with Crippen LogP contribution in [-0.4, -0.2) is 22.3 Å². The summed E-state index contributed by atoms with van der Waals surface area (Å²) in [5.41, 5.74) is 0.843. The number of rotatable bonds is 11. The number of aliphatic hydroxyl groups excluding tert-OH is 1. The summed E-state index contributed by atoms with van der Waals surface area (Å²) >= 11 is 0. The summed E-state index contributed by atoms with van der Waals surface area (Å²) in [7, 11) is 0. The van der Waals surface area contributed by atoms with E-state index in [1.807, 2.05) is 25.1 Å². The van der Waals surface area contributed by atoms with Gasteiger partial charge in [0.25, 0.3) is 0 Å². The number of carboxylic acids is 1. The van der Waals surface area contributed by atoms with Gasteiger partial charge in [0, 0.05) is 0 Å². The van der Waals surface area contributed by atoms with Crippen molar-refractivity contribution in [3.05, 3.63) is 35.9 Å². The Bertz CT molecular complexity index is 374. The number of hydrogen-bond acceptors (Lipinski definition) is 2. The zero-order valence-corrected chi connectivity index (χ0v) is 14.8. The lowest BCUT2D eigenvalue weighted by Gasteiger charge is -2.03. The molecular weight excluding hydrogens is 288 g/mol. The molecule has 0 spiro atoms. The molecule has 0 saturated heterocycles. The Morgan fingerprint density at radius 2 is 1.48 bits per heavy atom. The predicted octanol–water partition coefficient (Wildman–Crippen LogP) is 5.21. The highest BCUT2D eigenvalue weighted by atomic mass is 16.4. The average Bonchev–Trinajstić information content (AvgIpc) is 2.51. The van der Waals surface area contributed by atoms with Gasteiger partial charge in [0.05, 0.1) is 12.5 Å². The third-order valence-electron chi connectivity index (χ3n) is 3.67. The van der Waals surface area contributed by atoms with Crippen LogP contribution in [0.5, 0.6) is 0 Å². The topological polar surface area (TPSA) is 57.5 Å². The Hall–Kier alpha value is -1.35. The van der Waals surface area contributed by atoms with E-state index in [2.05, 4.69) is 6.92 Å². The number of unbranched alkanes of at least 4 members (excludes halogenated alkanes) is 7. The van der Waals surface area contributed by atoms with Crippen LogP contribution in [-0.2, 0) is 11.2 Å². The molecule has 23 heavy (non-hydrogen) atoms. The second-order valence-electron chi connectivity index (χ2n) is 6.17. The van der Waals surface area contributed by atoms with Crippen LogP contribution >= 0.6 is 0 Å². The van der Waals surface area contributed by atoms with E-state index in [4.69, 9.17) is 10.2 Å². The first-order valence-corrected chi connectivity index (χ1v) is 9.00. The Kier molecular flexibility index (Phi) is 14.6. The molecule has 0 aliphatic heterocycles. The molecule has 0 bridgehead atoms. The van der Waals surface area contributed by atoms with E-state index in [0.29, 0.717) is 0 Å². The summed E-state index contributed by atoms with van der Waals surface area (Å²) in [4.78, 5) is 10.2. The fraction of sp³-hybridized carbons (Fsp3) is 0.650. The largest absolute Gasteiger partial charge is 0.481 e. The molecule has 3 nitrogen and oxygen atoms in total. The Morgan fingerprint density at radius 1 is 0.957 bits per heavy atom. The van der Waals surface area contributed by atoms with Gasteiger partial charge in [0.15, 0.2) is 0 Å². The van der Waals surface area contributed by atoms with Crippen LogP contribution < -0.4 is 0 Å². The second-order valence-corrected chi connectivity index (χ2v) is 6.17.